The molecule has 0 bridgehead atoms. The first-order chi connectivity index (χ1) is 25.8. The Kier molecular flexibility index (Phi) is 14.1. The van der Waals surface area contributed by atoms with E-state index < -0.39 is 75.4 Å². The number of benzene rings is 4. The van der Waals surface area contributed by atoms with Gasteiger partial charge in [-0.3, -0.25) is 4.79 Å². The van der Waals surface area contributed by atoms with E-state index in [4.69, 9.17) is 30.5 Å². The maximum absolute atomic E-state index is 13.8. The van der Waals surface area contributed by atoms with Crippen molar-refractivity contribution in [3.8, 4) is 17.2 Å². The molecular formula is C42H42ClF7O5. The number of carbonyl (C=O) groups is 1. The summed E-state index contributed by atoms with van der Waals surface area (Å²) in [5.41, 5.74) is -0.682. The van der Waals surface area contributed by atoms with E-state index in [0.29, 0.717) is 25.9 Å². The minimum atomic E-state index is -4.78. The van der Waals surface area contributed by atoms with E-state index in [-0.39, 0.29) is 5.41 Å². The van der Waals surface area contributed by atoms with Gasteiger partial charge >= 0.3 is 12.1 Å². The van der Waals surface area contributed by atoms with E-state index in [9.17, 15) is 35.5 Å². The van der Waals surface area contributed by atoms with Gasteiger partial charge < -0.3 is 18.9 Å². The molecule has 2 atom stereocenters. The fourth-order valence-corrected chi connectivity index (χ4v) is 5.97. The average Bonchev–Trinajstić information content (AvgIpc) is 3.69. The molecule has 1 saturated carbocycles. The topological polar surface area (TPSA) is 54.0 Å². The minimum Gasteiger partial charge on any atom is -0.494 e. The molecule has 13 heteroatoms. The number of esters is 1. The summed E-state index contributed by atoms with van der Waals surface area (Å²) in [6.45, 7) is 10.9. The lowest BCUT2D eigenvalue weighted by Gasteiger charge is -2.25. The Balaban J connectivity index is 0.000000245. The number of hydrogen-bond donors (Lipinski definition) is 0. The van der Waals surface area contributed by atoms with Crippen LogP contribution in [0.15, 0.2) is 90.0 Å². The second-order valence-corrected chi connectivity index (χ2v) is 14.6. The van der Waals surface area contributed by atoms with E-state index in [1.54, 1.807) is 0 Å². The highest BCUT2D eigenvalue weighted by atomic mass is 35.5. The van der Waals surface area contributed by atoms with Gasteiger partial charge in [0.1, 0.15) is 28.9 Å². The normalized spacial score (nSPS) is 16.5. The highest BCUT2D eigenvalue weighted by molar-refractivity contribution is 6.30. The number of alkyl halides is 3. The Bertz CT molecular complexity index is 1930. The standard InChI is InChI=1S/C25H28O3.C17H14ClF7O2/c1-4-27-22-15-13-21(14-16-22)25(2,3)19-26-18-20-9-8-12-24(17-20)28-23-10-6-5-7-11-23;1-6-11(19)13(21)7(14(22)12(6)20)5-27-15(26)10-8(16(10,2)3)4-9(18)17(23,24)25/h5-17H,4,18-19H2,1-3H3;4,8,10H,5H2,1-3H3/b;9-4-. The number of carbonyl (C=O) groups excluding carboxylic acids is 1. The van der Waals surface area contributed by atoms with Crippen molar-refractivity contribution < 1.29 is 54.5 Å². The molecule has 55 heavy (non-hydrogen) atoms. The maximum atomic E-state index is 13.8. The van der Waals surface area contributed by atoms with Crippen molar-refractivity contribution in [1.29, 1.82) is 0 Å². The van der Waals surface area contributed by atoms with Crippen LogP contribution in [0.25, 0.3) is 0 Å². The molecule has 0 spiro atoms. The zero-order chi connectivity index (χ0) is 40.7. The smallest absolute Gasteiger partial charge is 0.426 e. The Labute approximate surface area is 321 Å². The molecule has 1 fully saturated rings. The molecule has 0 amide bonds. The average molecular weight is 795 g/mol. The Morgan fingerprint density at radius 3 is 2.00 bits per heavy atom. The third-order valence-corrected chi connectivity index (χ3v) is 9.59. The second kappa shape index (κ2) is 17.9. The molecule has 0 N–H and O–H groups in total. The van der Waals surface area contributed by atoms with E-state index in [1.165, 1.54) is 19.4 Å². The summed E-state index contributed by atoms with van der Waals surface area (Å²) in [6, 6.07) is 26.1. The van der Waals surface area contributed by atoms with Crippen LogP contribution in [0.4, 0.5) is 30.7 Å². The summed E-state index contributed by atoms with van der Waals surface area (Å²) < 4.78 is 114. The molecule has 2 unspecified atom stereocenters. The monoisotopic (exact) mass is 794 g/mol. The van der Waals surface area contributed by atoms with Gasteiger partial charge in [-0.25, -0.2) is 17.6 Å². The Morgan fingerprint density at radius 2 is 1.42 bits per heavy atom. The van der Waals surface area contributed by atoms with E-state index in [1.807, 2.05) is 67.6 Å². The van der Waals surface area contributed by atoms with Crippen LogP contribution in [0.1, 0.15) is 56.9 Å². The van der Waals surface area contributed by atoms with Gasteiger partial charge in [-0.15, -0.1) is 0 Å². The fourth-order valence-electron chi connectivity index (χ4n) is 5.84. The Morgan fingerprint density at radius 1 is 0.818 bits per heavy atom. The quantitative estimate of drug-likeness (QED) is 0.0766. The molecule has 4 aromatic rings. The fraction of sp³-hybridized carbons (Fsp3) is 0.357. The zero-order valence-corrected chi connectivity index (χ0v) is 31.9. The van der Waals surface area contributed by atoms with Crippen LogP contribution in [0, 0.1) is 47.4 Å². The summed E-state index contributed by atoms with van der Waals surface area (Å²) in [5.74, 6) is -7.13. The molecule has 1 aliphatic carbocycles. The molecular weight excluding hydrogens is 753 g/mol. The van der Waals surface area contributed by atoms with Gasteiger partial charge in [0.25, 0.3) is 0 Å². The lowest BCUT2D eigenvalue weighted by atomic mass is 9.85. The van der Waals surface area contributed by atoms with E-state index in [0.717, 1.165) is 29.7 Å². The maximum Gasteiger partial charge on any atom is 0.426 e. The summed E-state index contributed by atoms with van der Waals surface area (Å²) in [5, 5.41) is -1.41. The van der Waals surface area contributed by atoms with Crippen LogP contribution in [0.2, 0.25) is 0 Å². The van der Waals surface area contributed by atoms with Gasteiger partial charge in [-0.1, -0.05) is 87.8 Å². The van der Waals surface area contributed by atoms with Crippen LogP contribution in [-0.4, -0.2) is 25.4 Å². The van der Waals surface area contributed by atoms with Crippen molar-refractivity contribution in [3.63, 3.8) is 0 Å². The summed E-state index contributed by atoms with van der Waals surface area (Å²) in [4.78, 5) is 12.1. The summed E-state index contributed by atoms with van der Waals surface area (Å²) >= 11 is 5.15. The molecule has 296 valence electrons. The number of halogens is 8. The van der Waals surface area contributed by atoms with Crippen molar-refractivity contribution >= 4 is 17.6 Å². The van der Waals surface area contributed by atoms with Gasteiger partial charge in [0.15, 0.2) is 23.3 Å². The van der Waals surface area contributed by atoms with Gasteiger partial charge in [0.05, 0.1) is 31.3 Å². The van der Waals surface area contributed by atoms with E-state index >= 15 is 0 Å². The molecule has 5 rings (SSSR count). The predicted molar refractivity (Wildman–Crippen MR) is 195 cm³/mol. The largest absolute Gasteiger partial charge is 0.494 e. The highest BCUT2D eigenvalue weighted by Crippen LogP contribution is 2.60. The van der Waals surface area contributed by atoms with Crippen LogP contribution < -0.4 is 9.47 Å². The number of hydrogen-bond acceptors (Lipinski definition) is 5. The summed E-state index contributed by atoms with van der Waals surface area (Å²) in [6.07, 6.45) is -4.11. The third-order valence-electron chi connectivity index (χ3n) is 9.25. The van der Waals surface area contributed by atoms with Crippen LogP contribution in [0.3, 0.4) is 0 Å². The number of ether oxygens (including phenoxy) is 4. The third kappa shape index (κ3) is 11.0. The molecule has 0 aliphatic heterocycles. The SMILES string of the molecule is CCOc1ccc(C(C)(C)COCc2cccc(Oc3ccccc3)c2)cc1.Cc1c(F)c(F)c(COC(=O)C2C(/C=C(\Cl)C(F)(F)F)C2(C)C)c(F)c1F. The predicted octanol–water partition coefficient (Wildman–Crippen LogP) is 11.9. The Hall–Kier alpha value is -4.55. The van der Waals surface area contributed by atoms with Crippen molar-refractivity contribution in [1.82, 2.24) is 0 Å². The van der Waals surface area contributed by atoms with Gasteiger partial charge in [0.2, 0.25) is 0 Å². The van der Waals surface area contributed by atoms with Crippen LogP contribution >= 0.6 is 11.6 Å². The van der Waals surface area contributed by atoms with Gasteiger partial charge in [-0.2, -0.15) is 13.2 Å². The lowest BCUT2D eigenvalue weighted by Crippen LogP contribution is -2.24. The highest BCUT2D eigenvalue weighted by Gasteiger charge is 2.62. The molecule has 1 aliphatic rings. The zero-order valence-electron chi connectivity index (χ0n) is 31.1. The molecule has 0 radical (unpaired) electrons. The molecule has 4 aromatic carbocycles. The van der Waals surface area contributed by atoms with Crippen LogP contribution in [-0.2, 0) is 32.9 Å². The van der Waals surface area contributed by atoms with E-state index in [2.05, 4.69) is 32.0 Å². The molecule has 0 saturated heterocycles. The molecule has 0 aromatic heterocycles. The van der Waals surface area contributed by atoms with Gasteiger partial charge in [-0.05, 0) is 72.7 Å². The first-order valence-corrected chi connectivity index (χ1v) is 17.7. The minimum absolute atomic E-state index is 0.0805. The number of rotatable bonds is 13. The summed E-state index contributed by atoms with van der Waals surface area (Å²) in [7, 11) is 0. The number of allylic oxidation sites excluding steroid dienone is 2. The van der Waals surface area contributed by atoms with Crippen molar-refractivity contribution in [2.24, 2.45) is 17.3 Å². The van der Waals surface area contributed by atoms with Gasteiger partial charge in [0, 0.05) is 11.0 Å². The van der Waals surface area contributed by atoms with Crippen molar-refractivity contribution in [2.45, 2.75) is 66.3 Å². The first kappa shape index (κ1) is 43.2. The van der Waals surface area contributed by atoms with Crippen LogP contribution in [0.5, 0.6) is 17.2 Å². The second-order valence-electron chi connectivity index (χ2n) is 14.2. The molecule has 5 nitrogen and oxygen atoms in total. The van der Waals surface area contributed by atoms with Crippen molar-refractivity contribution in [3.05, 3.63) is 135 Å². The lowest BCUT2D eigenvalue weighted by molar-refractivity contribution is -0.147. The number of para-hydroxylation sites is 1. The first-order valence-electron chi connectivity index (χ1n) is 17.3. The van der Waals surface area contributed by atoms with Crippen molar-refractivity contribution in [2.75, 3.05) is 13.2 Å². The molecule has 0 heterocycles.